The average Bonchev–Trinajstić information content (AvgIpc) is 3.12. The van der Waals surface area contributed by atoms with Gasteiger partial charge in [0.1, 0.15) is 6.61 Å². The Morgan fingerprint density at radius 1 is 0.648 bits per heavy atom. The minimum atomic E-state index is -0.511. The molecule has 5 heteroatoms. The van der Waals surface area contributed by atoms with E-state index in [0.29, 0.717) is 5.57 Å². The third-order valence-electron chi connectivity index (χ3n) is 10.0. The molecule has 0 heterocycles. The molecule has 6 aromatic rings. The lowest BCUT2D eigenvalue weighted by Crippen LogP contribution is -2.37. The molecule has 3 N–H and O–H groups in total. The lowest BCUT2D eigenvalue weighted by Gasteiger charge is -2.29. The smallest absolute Gasteiger partial charge is 0.333 e. The first-order chi connectivity index (χ1) is 25.7. The number of benzene rings is 6. The summed E-state index contributed by atoms with van der Waals surface area (Å²) in [5.41, 5.74) is 16.3. The van der Waals surface area contributed by atoms with Crippen molar-refractivity contribution in [3.63, 3.8) is 0 Å². The van der Waals surface area contributed by atoms with E-state index >= 15 is 0 Å². The molecule has 6 aromatic carbocycles. The van der Waals surface area contributed by atoms with Gasteiger partial charge >= 0.3 is 5.97 Å². The third kappa shape index (κ3) is 8.52. The second kappa shape index (κ2) is 15.7. The molecular formula is C49H53N3O2. The first kappa shape index (κ1) is 37.9. The summed E-state index contributed by atoms with van der Waals surface area (Å²) < 4.78 is 5.55. The van der Waals surface area contributed by atoms with E-state index in [-0.39, 0.29) is 18.5 Å². The van der Waals surface area contributed by atoms with Gasteiger partial charge in [-0.15, -0.1) is 0 Å². The number of carbonyl (C=O) groups is 1. The molecule has 0 saturated carbocycles. The number of carbonyl (C=O) groups excluding carboxylic acids is 1. The Kier molecular flexibility index (Phi) is 11.0. The van der Waals surface area contributed by atoms with Crippen LogP contribution in [-0.4, -0.2) is 18.1 Å². The summed E-state index contributed by atoms with van der Waals surface area (Å²) in [5, 5.41) is 13.3. The van der Waals surface area contributed by atoms with Gasteiger partial charge in [0.15, 0.2) is 0 Å². The number of ether oxygens (including phenoxy) is 1. The number of hydrogen-bond donors (Lipinski definition) is 3. The van der Waals surface area contributed by atoms with Crippen LogP contribution in [0.25, 0.3) is 10.8 Å². The van der Waals surface area contributed by atoms with Gasteiger partial charge in [0.25, 0.3) is 0 Å². The van der Waals surface area contributed by atoms with Gasteiger partial charge in [-0.05, 0) is 137 Å². The summed E-state index contributed by atoms with van der Waals surface area (Å²) in [5.74, 6) is -0.425. The van der Waals surface area contributed by atoms with Crippen LogP contribution in [0.2, 0.25) is 0 Å². The number of aryl methyl sites for hydroxylation is 6. The van der Waals surface area contributed by atoms with E-state index in [1.165, 1.54) is 50.1 Å². The Labute approximate surface area is 321 Å². The van der Waals surface area contributed by atoms with Crippen LogP contribution in [0.1, 0.15) is 76.8 Å². The molecule has 0 saturated heterocycles. The summed E-state index contributed by atoms with van der Waals surface area (Å²) in [6, 6.07) is 39.6. The van der Waals surface area contributed by atoms with Crippen LogP contribution in [0.4, 0.5) is 28.4 Å². The molecule has 0 amide bonds. The summed E-state index contributed by atoms with van der Waals surface area (Å²) in [4.78, 5) is 12.2. The number of nitrogens with one attached hydrogen (secondary N) is 3. The lowest BCUT2D eigenvalue weighted by atomic mass is 9.82. The van der Waals surface area contributed by atoms with Crippen molar-refractivity contribution >= 4 is 45.2 Å². The number of anilines is 5. The SMILES string of the molecule is C=C(C)C(=O)OCC(C)(C)Nc1ccc(C(c2ccc(Nc3c(C)cc(C)cc3C)cc2)c2ccc(Nc3c(C)cc(C)cc3C)cc2)c2ccccc12. The predicted molar refractivity (Wildman–Crippen MR) is 229 cm³/mol. The van der Waals surface area contributed by atoms with Gasteiger partial charge in [-0.1, -0.05) is 96.6 Å². The zero-order valence-electron chi connectivity index (χ0n) is 33.2. The van der Waals surface area contributed by atoms with Crippen molar-refractivity contribution in [2.45, 2.75) is 73.8 Å². The Morgan fingerprint density at radius 2 is 1.09 bits per heavy atom. The zero-order valence-corrected chi connectivity index (χ0v) is 33.2. The standard InChI is InChI=1S/C49H53N3O2/c1-30(2)48(53)54-29-49(9,10)52-44-24-23-43(41-13-11-12-14-42(41)44)45(37-15-19-39(20-16-37)50-46-33(5)25-31(3)26-34(46)6)38-17-21-40(22-18-38)51-47-35(7)27-32(4)28-36(47)8/h11-28,45,50-52H,1,29H2,2-10H3. The minimum absolute atomic E-state index is 0.0396. The molecule has 0 unspecified atom stereocenters. The first-order valence-corrected chi connectivity index (χ1v) is 18.7. The maximum Gasteiger partial charge on any atom is 0.333 e. The van der Waals surface area contributed by atoms with Crippen molar-refractivity contribution in [1.82, 2.24) is 0 Å². The van der Waals surface area contributed by atoms with E-state index in [1.54, 1.807) is 6.92 Å². The van der Waals surface area contributed by atoms with Crippen LogP contribution in [0, 0.1) is 41.5 Å². The zero-order chi connectivity index (χ0) is 38.7. The fraction of sp³-hybridized carbons (Fsp3) is 0.245. The molecular weight excluding hydrogens is 663 g/mol. The highest BCUT2D eigenvalue weighted by Gasteiger charge is 2.24. The molecule has 0 aliphatic rings. The Balaban J connectivity index is 1.39. The van der Waals surface area contributed by atoms with Crippen LogP contribution in [0.5, 0.6) is 0 Å². The molecule has 0 aliphatic heterocycles. The Hall–Kier alpha value is -5.81. The van der Waals surface area contributed by atoms with Crippen molar-refractivity contribution in [3.05, 3.63) is 171 Å². The molecule has 0 radical (unpaired) electrons. The molecule has 0 atom stereocenters. The van der Waals surface area contributed by atoms with Crippen molar-refractivity contribution in [2.24, 2.45) is 0 Å². The largest absolute Gasteiger partial charge is 0.460 e. The summed E-state index contributed by atoms with van der Waals surface area (Å²) in [6.45, 7) is 22.6. The number of hydrogen-bond acceptors (Lipinski definition) is 5. The summed E-state index contributed by atoms with van der Waals surface area (Å²) >= 11 is 0. The van der Waals surface area contributed by atoms with Crippen LogP contribution in [-0.2, 0) is 9.53 Å². The molecule has 0 aliphatic carbocycles. The second-order valence-corrected chi connectivity index (χ2v) is 15.6. The highest BCUT2D eigenvalue weighted by molar-refractivity contribution is 5.97. The van der Waals surface area contributed by atoms with Crippen molar-refractivity contribution in [2.75, 3.05) is 22.6 Å². The summed E-state index contributed by atoms with van der Waals surface area (Å²) in [7, 11) is 0. The monoisotopic (exact) mass is 715 g/mol. The van der Waals surface area contributed by atoms with Crippen molar-refractivity contribution in [1.29, 1.82) is 0 Å². The minimum Gasteiger partial charge on any atom is -0.460 e. The first-order valence-electron chi connectivity index (χ1n) is 18.7. The molecule has 276 valence electrons. The van der Waals surface area contributed by atoms with Crippen molar-refractivity contribution in [3.8, 4) is 0 Å². The average molecular weight is 716 g/mol. The van der Waals surface area contributed by atoms with Gasteiger partial charge in [-0.25, -0.2) is 4.79 Å². The van der Waals surface area contributed by atoms with E-state index in [2.05, 4.69) is 173 Å². The predicted octanol–water partition coefficient (Wildman–Crippen LogP) is 12.7. The molecule has 6 rings (SSSR count). The van der Waals surface area contributed by atoms with E-state index in [1.807, 2.05) is 13.8 Å². The lowest BCUT2D eigenvalue weighted by molar-refractivity contribution is -0.140. The number of rotatable bonds is 12. The molecule has 0 spiro atoms. The van der Waals surface area contributed by atoms with Crippen molar-refractivity contribution < 1.29 is 9.53 Å². The van der Waals surface area contributed by atoms with E-state index in [0.717, 1.165) is 39.2 Å². The summed E-state index contributed by atoms with van der Waals surface area (Å²) in [6.07, 6.45) is 0. The Morgan fingerprint density at radius 3 is 1.54 bits per heavy atom. The van der Waals surface area contributed by atoms with Crippen LogP contribution < -0.4 is 16.0 Å². The maximum absolute atomic E-state index is 12.2. The van der Waals surface area contributed by atoms with Crippen LogP contribution >= 0.6 is 0 Å². The van der Waals surface area contributed by atoms with E-state index < -0.39 is 5.54 Å². The number of fused-ring (bicyclic) bond motifs is 1. The molecule has 54 heavy (non-hydrogen) atoms. The normalized spacial score (nSPS) is 11.4. The molecule has 5 nitrogen and oxygen atoms in total. The fourth-order valence-electron chi connectivity index (χ4n) is 7.57. The van der Waals surface area contributed by atoms with Gasteiger partial charge < -0.3 is 20.7 Å². The molecule has 0 bridgehead atoms. The number of esters is 1. The fourth-order valence-corrected chi connectivity index (χ4v) is 7.57. The third-order valence-corrected chi connectivity index (χ3v) is 10.0. The second-order valence-electron chi connectivity index (χ2n) is 15.6. The van der Waals surface area contributed by atoms with Gasteiger partial charge in [-0.3, -0.25) is 0 Å². The highest BCUT2D eigenvalue weighted by atomic mass is 16.5. The van der Waals surface area contributed by atoms with Gasteiger partial charge in [-0.2, -0.15) is 0 Å². The quantitative estimate of drug-likeness (QED) is 0.0669. The van der Waals surface area contributed by atoms with Crippen LogP contribution in [0.3, 0.4) is 0 Å². The highest BCUT2D eigenvalue weighted by Crippen LogP contribution is 2.40. The van der Waals surface area contributed by atoms with E-state index in [9.17, 15) is 4.79 Å². The molecule has 0 aromatic heterocycles. The maximum atomic E-state index is 12.2. The van der Waals surface area contributed by atoms with Gasteiger partial charge in [0.2, 0.25) is 0 Å². The van der Waals surface area contributed by atoms with Gasteiger partial charge in [0, 0.05) is 45.3 Å². The van der Waals surface area contributed by atoms with Gasteiger partial charge in [0.05, 0.1) is 5.54 Å². The van der Waals surface area contributed by atoms with Crippen LogP contribution in [0.15, 0.2) is 121 Å². The Bertz CT molecular complexity index is 2190. The molecule has 0 fully saturated rings. The van der Waals surface area contributed by atoms with E-state index in [4.69, 9.17) is 4.74 Å². The topological polar surface area (TPSA) is 62.4 Å².